The maximum atomic E-state index is 12.4. The Balaban J connectivity index is 1.52. The average Bonchev–Trinajstić information content (AvgIpc) is 2.90. The monoisotopic (exact) mass is 458 g/mol. The molecular weight excluding hydrogens is 432 g/mol. The molecule has 174 valence electrons. The van der Waals surface area contributed by atoms with Gasteiger partial charge < -0.3 is 21.3 Å². The van der Waals surface area contributed by atoms with E-state index in [9.17, 15) is 19.2 Å². The zero-order valence-corrected chi connectivity index (χ0v) is 19.0. The molecule has 0 atom stereocenters. The molecule has 0 aliphatic rings. The molecule has 0 aliphatic carbocycles. The van der Waals surface area contributed by atoms with Crippen LogP contribution in [0.15, 0.2) is 72.8 Å². The predicted octanol–water partition coefficient (Wildman–Crippen LogP) is 2.27. The fourth-order valence-corrected chi connectivity index (χ4v) is 3.24. The van der Waals surface area contributed by atoms with E-state index in [1.165, 1.54) is 14.1 Å². The summed E-state index contributed by atoms with van der Waals surface area (Å²) < 4.78 is 0. The van der Waals surface area contributed by atoms with E-state index >= 15 is 0 Å². The van der Waals surface area contributed by atoms with Crippen LogP contribution < -0.4 is 21.3 Å². The molecule has 0 unspecified atom stereocenters. The molecule has 3 aromatic rings. The minimum Gasteiger partial charge on any atom is -0.355 e. The van der Waals surface area contributed by atoms with Gasteiger partial charge in [0, 0.05) is 49.4 Å². The van der Waals surface area contributed by atoms with Crippen LogP contribution in [-0.2, 0) is 13.1 Å². The summed E-state index contributed by atoms with van der Waals surface area (Å²) in [5, 5.41) is 10.7. The van der Waals surface area contributed by atoms with Crippen LogP contribution in [0.2, 0.25) is 0 Å². The van der Waals surface area contributed by atoms with E-state index in [4.69, 9.17) is 0 Å². The lowest BCUT2D eigenvalue weighted by Crippen LogP contribution is -2.24. The van der Waals surface area contributed by atoms with Gasteiger partial charge in [0.1, 0.15) is 0 Å². The zero-order chi connectivity index (χ0) is 24.5. The fraction of sp³-hybridized carbons (Fsp3) is 0.154. The SMILES string of the molecule is CNC(=O)c1cccc(C(=O)NCc2ccc(CNC(=O)c3cccc(C(=O)NC)c3)cc2)c1. The summed E-state index contributed by atoms with van der Waals surface area (Å²) in [5.41, 5.74) is 3.43. The van der Waals surface area contributed by atoms with Crippen molar-refractivity contribution in [3.63, 3.8) is 0 Å². The Bertz CT molecular complexity index is 1110. The highest BCUT2D eigenvalue weighted by atomic mass is 16.2. The third-order valence-electron chi connectivity index (χ3n) is 5.16. The molecule has 34 heavy (non-hydrogen) atoms. The van der Waals surface area contributed by atoms with Crippen molar-refractivity contribution in [1.29, 1.82) is 0 Å². The Morgan fingerprint density at radius 1 is 0.529 bits per heavy atom. The van der Waals surface area contributed by atoms with Crippen LogP contribution >= 0.6 is 0 Å². The number of hydrogen-bond donors (Lipinski definition) is 4. The van der Waals surface area contributed by atoms with Crippen LogP contribution in [0.4, 0.5) is 0 Å². The summed E-state index contributed by atoms with van der Waals surface area (Å²) in [6.45, 7) is 0.643. The molecule has 0 bridgehead atoms. The van der Waals surface area contributed by atoms with Crippen molar-refractivity contribution in [2.45, 2.75) is 13.1 Å². The van der Waals surface area contributed by atoms with Crippen molar-refractivity contribution in [2.24, 2.45) is 0 Å². The highest BCUT2D eigenvalue weighted by molar-refractivity contribution is 6.00. The third kappa shape index (κ3) is 6.29. The average molecular weight is 459 g/mol. The fourth-order valence-electron chi connectivity index (χ4n) is 3.24. The first-order valence-corrected chi connectivity index (χ1v) is 10.7. The normalized spacial score (nSPS) is 10.2. The summed E-state index contributed by atoms with van der Waals surface area (Å²) >= 11 is 0. The Labute approximate surface area is 197 Å². The van der Waals surface area contributed by atoms with Gasteiger partial charge in [0.05, 0.1) is 0 Å². The van der Waals surface area contributed by atoms with Gasteiger partial charge in [0.25, 0.3) is 23.6 Å². The van der Waals surface area contributed by atoms with E-state index in [0.717, 1.165) is 11.1 Å². The molecule has 4 N–H and O–H groups in total. The number of hydrogen-bond acceptors (Lipinski definition) is 4. The molecule has 0 radical (unpaired) electrons. The van der Waals surface area contributed by atoms with Crippen molar-refractivity contribution < 1.29 is 19.2 Å². The Morgan fingerprint density at radius 3 is 1.18 bits per heavy atom. The van der Waals surface area contributed by atoms with Crippen LogP contribution in [0.3, 0.4) is 0 Å². The van der Waals surface area contributed by atoms with E-state index in [1.54, 1.807) is 48.5 Å². The van der Waals surface area contributed by atoms with Crippen LogP contribution in [-0.4, -0.2) is 37.7 Å². The quantitative estimate of drug-likeness (QED) is 0.414. The Hall–Kier alpha value is -4.46. The van der Waals surface area contributed by atoms with Crippen LogP contribution in [0.5, 0.6) is 0 Å². The van der Waals surface area contributed by atoms with Gasteiger partial charge in [-0.15, -0.1) is 0 Å². The second-order valence-electron chi connectivity index (χ2n) is 7.50. The van der Waals surface area contributed by atoms with Gasteiger partial charge in [-0.3, -0.25) is 19.2 Å². The highest BCUT2D eigenvalue weighted by Crippen LogP contribution is 2.09. The molecule has 8 nitrogen and oxygen atoms in total. The maximum absolute atomic E-state index is 12.4. The first-order chi connectivity index (χ1) is 16.4. The van der Waals surface area contributed by atoms with E-state index in [-0.39, 0.29) is 23.6 Å². The lowest BCUT2D eigenvalue weighted by Gasteiger charge is -2.09. The molecule has 0 aliphatic heterocycles. The highest BCUT2D eigenvalue weighted by Gasteiger charge is 2.11. The van der Waals surface area contributed by atoms with Crippen molar-refractivity contribution in [3.8, 4) is 0 Å². The predicted molar refractivity (Wildman–Crippen MR) is 128 cm³/mol. The summed E-state index contributed by atoms with van der Waals surface area (Å²) in [6.07, 6.45) is 0. The van der Waals surface area contributed by atoms with Crippen molar-refractivity contribution >= 4 is 23.6 Å². The van der Waals surface area contributed by atoms with Gasteiger partial charge in [-0.1, -0.05) is 36.4 Å². The Kier molecular flexibility index (Phi) is 8.12. The van der Waals surface area contributed by atoms with Gasteiger partial charge in [0.2, 0.25) is 0 Å². The zero-order valence-electron chi connectivity index (χ0n) is 19.0. The van der Waals surface area contributed by atoms with E-state index < -0.39 is 0 Å². The third-order valence-corrected chi connectivity index (χ3v) is 5.16. The first-order valence-electron chi connectivity index (χ1n) is 10.7. The molecule has 0 heterocycles. The van der Waals surface area contributed by atoms with Gasteiger partial charge in [-0.25, -0.2) is 0 Å². The van der Waals surface area contributed by atoms with Gasteiger partial charge in [0.15, 0.2) is 0 Å². The summed E-state index contributed by atoms with van der Waals surface area (Å²) in [6, 6.07) is 20.5. The van der Waals surface area contributed by atoms with Crippen LogP contribution in [0.25, 0.3) is 0 Å². The lowest BCUT2D eigenvalue weighted by molar-refractivity contribution is 0.0939. The molecule has 3 aromatic carbocycles. The van der Waals surface area contributed by atoms with E-state index in [0.29, 0.717) is 35.3 Å². The number of rotatable bonds is 8. The number of nitrogens with one attached hydrogen (secondary N) is 4. The maximum Gasteiger partial charge on any atom is 0.251 e. The van der Waals surface area contributed by atoms with Crippen molar-refractivity contribution in [3.05, 3.63) is 106 Å². The second-order valence-corrected chi connectivity index (χ2v) is 7.50. The Morgan fingerprint density at radius 2 is 0.853 bits per heavy atom. The molecule has 0 spiro atoms. The van der Waals surface area contributed by atoms with Gasteiger partial charge >= 0.3 is 0 Å². The van der Waals surface area contributed by atoms with E-state index in [1.807, 2.05) is 24.3 Å². The lowest BCUT2D eigenvalue weighted by atomic mass is 10.1. The summed E-state index contributed by atoms with van der Waals surface area (Å²) in [4.78, 5) is 48.4. The summed E-state index contributed by atoms with van der Waals surface area (Å²) in [7, 11) is 3.07. The molecule has 8 heteroatoms. The standard InChI is InChI=1S/C26H26N4O4/c1-27-23(31)19-5-3-7-21(13-19)25(33)29-15-17-9-11-18(12-10-17)16-30-26(34)22-8-4-6-20(14-22)24(32)28-2/h3-14H,15-16H2,1-2H3,(H,27,31)(H,28,32)(H,29,33)(H,30,34). The number of carbonyl (C=O) groups is 4. The molecule has 0 fully saturated rings. The van der Waals surface area contributed by atoms with Gasteiger partial charge in [-0.2, -0.15) is 0 Å². The molecule has 0 saturated carbocycles. The second kappa shape index (κ2) is 11.4. The van der Waals surface area contributed by atoms with E-state index in [2.05, 4.69) is 21.3 Å². The largest absolute Gasteiger partial charge is 0.355 e. The smallest absolute Gasteiger partial charge is 0.251 e. The minimum absolute atomic E-state index is 0.253. The van der Waals surface area contributed by atoms with Crippen molar-refractivity contribution in [1.82, 2.24) is 21.3 Å². The van der Waals surface area contributed by atoms with Crippen molar-refractivity contribution in [2.75, 3.05) is 14.1 Å². The molecule has 0 aromatic heterocycles. The van der Waals surface area contributed by atoms with Crippen LogP contribution in [0.1, 0.15) is 52.6 Å². The summed E-state index contributed by atoms with van der Waals surface area (Å²) in [5.74, 6) is -1.06. The number of benzene rings is 3. The van der Waals surface area contributed by atoms with Gasteiger partial charge in [-0.05, 0) is 47.5 Å². The molecule has 3 rings (SSSR count). The topological polar surface area (TPSA) is 116 Å². The van der Waals surface area contributed by atoms with Crippen LogP contribution in [0, 0.1) is 0 Å². The molecular formula is C26H26N4O4. The first kappa shape index (κ1) is 24.2. The number of amides is 4. The minimum atomic E-state index is -0.277. The molecule has 4 amide bonds. The number of carbonyl (C=O) groups excluding carboxylic acids is 4. The molecule has 0 saturated heterocycles.